The molecule has 0 amide bonds. The molecule has 2 atom stereocenters. The first-order valence-electron chi connectivity index (χ1n) is 9.37. The van der Waals surface area contributed by atoms with Gasteiger partial charge in [0.05, 0.1) is 5.41 Å². The number of aliphatic hydroxyl groups is 1. The highest BCUT2D eigenvalue weighted by atomic mass is 16.3. The van der Waals surface area contributed by atoms with E-state index in [4.69, 9.17) is 0 Å². The molecule has 1 spiro atoms. The van der Waals surface area contributed by atoms with Crippen LogP contribution < -0.4 is 0 Å². The molecule has 26 heavy (non-hydrogen) atoms. The zero-order valence-electron chi connectivity index (χ0n) is 15.0. The minimum Gasteiger partial charge on any atom is -0.383 e. The summed E-state index contributed by atoms with van der Waals surface area (Å²) in [5.41, 5.74) is 4.96. The van der Waals surface area contributed by atoms with Crippen LogP contribution in [-0.2, 0) is 12.8 Å². The van der Waals surface area contributed by atoms with Crippen molar-refractivity contribution in [1.82, 2.24) is 0 Å². The number of allylic oxidation sites excluding steroid dienone is 1. The summed E-state index contributed by atoms with van der Waals surface area (Å²) in [6, 6.07) is 16.0. The van der Waals surface area contributed by atoms with Gasteiger partial charge in [-0.1, -0.05) is 73.2 Å². The van der Waals surface area contributed by atoms with Gasteiger partial charge < -0.3 is 5.11 Å². The minimum atomic E-state index is -1.20. The van der Waals surface area contributed by atoms with Crippen LogP contribution in [0.5, 0.6) is 0 Å². The standard InChI is InChI=1S/C24H22O2/c1-3-16-12-15(2)23(13-17-8-5-7-11-20(17)22(23)25)24(26)14-18-9-4-6-10-19(18)21(16)24/h4-11,26H,2-3,12-14H2,1H3. The lowest BCUT2D eigenvalue weighted by Crippen LogP contribution is -2.55. The van der Waals surface area contributed by atoms with Crippen molar-refractivity contribution in [2.75, 3.05) is 0 Å². The zero-order valence-corrected chi connectivity index (χ0v) is 15.0. The predicted octanol–water partition coefficient (Wildman–Crippen LogP) is 4.52. The largest absolute Gasteiger partial charge is 0.383 e. The van der Waals surface area contributed by atoms with E-state index in [0.717, 1.165) is 39.8 Å². The SMILES string of the molecule is C=C1CC(CC)=C2c3ccccc3CC2(O)C12Cc1ccccc1C2=O. The molecular weight excluding hydrogens is 320 g/mol. The molecule has 2 heteroatoms. The van der Waals surface area contributed by atoms with E-state index in [0.29, 0.717) is 19.3 Å². The van der Waals surface area contributed by atoms with Crippen LogP contribution in [-0.4, -0.2) is 16.5 Å². The molecule has 0 aromatic heterocycles. The van der Waals surface area contributed by atoms with E-state index in [2.05, 4.69) is 25.6 Å². The van der Waals surface area contributed by atoms with Crippen molar-refractivity contribution < 1.29 is 9.90 Å². The summed E-state index contributed by atoms with van der Waals surface area (Å²) in [5.74, 6) is 0.0426. The van der Waals surface area contributed by atoms with Gasteiger partial charge >= 0.3 is 0 Å². The maximum atomic E-state index is 13.6. The van der Waals surface area contributed by atoms with Crippen molar-refractivity contribution in [3.63, 3.8) is 0 Å². The maximum absolute atomic E-state index is 13.6. The number of hydrogen-bond donors (Lipinski definition) is 1. The molecule has 3 aliphatic rings. The smallest absolute Gasteiger partial charge is 0.176 e. The number of ketones is 1. The Hall–Kier alpha value is -2.45. The third kappa shape index (κ3) is 1.64. The van der Waals surface area contributed by atoms with E-state index in [9.17, 15) is 9.90 Å². The minimum absolute atomic E-state index is 0.0426. The Morgan fingerprint density at radius 2 is 1.62 bits per heavy atom. The van der Waals surface area contributed by atoms with Gasteiger partial charge in [0.1, 0.15) is 5.60 Å². The van der Waals surface area contributed by atoms with E-state index in [1.54, 1.807) is 0 Å². The molecule has 0 aliphatic heterocycles. The molecule has 2 nitrogen and oxygen atoms in total. The van der Waals surface area contributed by atoms with Crippen LogP contribution in [0.25, 0.3) is 5.57 Å². The van der Waals surface area contributed by atoms with Gasteiger partial charge in [0.25, 0.3) is 0 Å². The first-order chi connectivity index (χ1) is 12.5. The van der Waals surface area contributed by atoms with Crippen LogP contribution in [0.3, 0.4) is 0 Å². The molecule has 2 aromatic carbocycles. The predicted molar refractivity (Wildman–Crippen MR) is 103 cm³/mol. The third-order valence-corrected chi connectivity index (χ3v) is 6.77. The molecule has 0 radical (unpaired) electrons. The number of rotatable bonds is 1. The van der Waals surface area contributed by atoms with Crippen LogP contribution in [0.4, 0.5) is 0 Å². The number of hydrogen-bond acceptors (Lipinski definition) is 2. The summed E-state index contributed by atoms with van der Waals surface area (Å²) in [4.78, 5) is 13.6. The van der Waals surface area contributed by atoms with Gasteiger partial charge in [-0.15, -0.1) is 0 Å². The number of Topliss-reactive ketones (excluding diaryl/α,β-unsaturated/α-hetero) is 1. The van der Waals surface area contributed by atoms with Gasteiger partial charge in [-0.05, 0) is 41.5 Å². The molecule has 2 aromatic rings. The van der Waals surface area contributed by atoms with Gasteiger partial charge in [-0.2, -0.15) is 0 Å². The second-order valence-corrected chi connectivity index (χ2v) is 7.88. The van der Waals surface area contributed by atoms with E-state index in [-0.39, 0.29) is 5.78 Å². The van der Waals surface area contributed by atoms with E-state index in [1.165, 1.54) is 5.57 Å². The highest BCUT2D eigenvalue weighted by molar-refractivity contribution is 6.10. The van der Waals surface area contributed by atoms with Crippen molar-refractivity contribution in [3.05, 3.63) is 88.5 Å². The van der Waals surface area contributed by atoms with Crippen molar-refractivity contribution in [1.29, 1.82) is 0 Å². The van der Waals surface area contributed by atoms with Crippen molar-refractivity contribution in [3.8, 4) is 0 Å². The monoisotopic (exact) mass is 342 g/mol. The van der Waals surface area contributed by atoms with Crippen molar-refractivity contribution >= 4 is 11.4 Å². The summed E-state index contributed by atoms with van der Waals surface area (Å²) >= 11 is 0. The van der Waals surface area contributed by atoms with E-state index >= 15 is 0 Å². The number of benzene rings is 2. The molecule has 3 aliphatic carbocycles. The van der Waals surface area contributed by atoms with Crippen molar-refractivity contribution in [2.45, 2.75) is 38.2 Å². The molecule has 0 saturated carbocycles. The first kappa shape index (κ1) is 15.8. The number of fused-ring (bicyclic) bond motifs is 5. The quantitative estimate of drug-likeness (QED) is 0.774. The van der Waals surface area contributed by atoms with Crippen molar-refractivity contribution in [2.24, 2.45) is 5.41 Å². The Balaban J connectivity index is 1.80. The van der Waals surface area contributed by atoms with E-state index in [1.807, 2.05) is 36.4 Å². The molecule has 0 saturated heterocycles. The van der Waals surface area contributed by atoms with Gasteiger partial charge in [-0.25, -0.2) is 0 Å². The van der Waals surface area contributed by atoms with Gasteiger partial charge in [0.2, 0.25) is 0 Å². The molecule has 2 unspecified atom stereocenters. The van der Waals surface area contributed by atoms with Crippen LogP contribution in [0.15, 0.2) is 66.3 Å². The fraction of sp³-hybridized carbons (Fsp3) is 0.292. The molecule has 5 rings (SSSR count). The van der Waals surface area contributed by atoms with Crippen LogP contribution in [0, 0.1) is 5.41 Å². The topological polar surface area (TPSA) is 37.3 Å². The van der Waals surface area contributed by atoms with Gasteiger partial charge in [0, 0.05) is 12.0 Å². The van der Waals surface area contributed by atoms with Crippen LogP contribution in [0.1, 0.15) is 46.8 Å². The summed E-state index contributed by atoms with van der Waals surface area (Å²) in [7, 11) is 0. The van der Waals surface area contributed by atoms with Gasteiger partial charge in [0.15, 0.2) is 5.78 Å². The Morgan fingerprint density at radius 1 is 1.00 bits per heavy atom. The Morgan fingerprint density at radius 3 is 2.27 bits per heavy atom. The van der Waals surface area contributed by atoms with Crippen LogP contribution in [0.2, 0.25) is 0 Å². The molecule has 130 valence electrons. The average Bonchev–Trinajstić information content (AvgIpc) is 3.13. The maximum Gasteiger partial charge on any atom is 0.176 e. The normalized spacial score (nSPS) is 29.2. The highest BCUT2D eigenvalue weighted by Crippen LogP contribution is 2.63. The lowest BCUT2D eigenvalue weighted by atomic mass is 9.56. The summed E-state index contributed by atoms with van der Waals surface area (Å²) in [6.07, 6.45) is 2.59. The molecule has 0 heterocycles. The molecule has 0 fully saturated rings. The van der Waals surface area contributed by atoms with Crippen LogP contribution >= 0.6 is 0 Å². The summed E-state index contributed by atoms with van der Waals surface area (Å²) < 4.78 is 0. The number of carbonyl (C=O) groups is 1. The molecule has 1 N–H and O–H groups in total. The van der Waals surface area contributed by atoms with Gasteiger partial charge in [-0.3, -0.25) is 4.79 Å². The lowest BCUT2D eigenvalue weighted by Gasteiger charge is -2.48. The second-order valence-electron chi connectivity index (χ2n) is 7.88. The third-order valence-electron chi connectivity index (χ3n) is 6.77. The molecule has 0 bridgehead atoms. The Labute approximate surface area is 153 Å². The summed E-state index contributed by atoms with van der Waals surface area (Å²) in [6.45, 7) is 6.46. The fourth-order valence-corrected chi connectivity index (χ4v) is 5.55. The second kappa shape index (κ2) is 5.05. The first-order valence-corrected chi connectivity index (χ1v) is 9.37. The summed E-state index contributed by atoms with van der Waals surface area (Å²) in [5, 5.41) is 12.2. The average molecular weight is 342 g/mol. The zero-order chi connectivity index (χ0) is 18.1. The number of carbonyl (C=O) groups excluding carboxylic acids is 1. The lowest BCUT2D eigenvalue weighted by molar-refractivity contribution is -0.000289. The highest BCUT2D eigenvalue weighted by Gasteiger charge is 2.65. The Kier molecular flexibility index (Phi) is 3.06. The Bertz CT molecular complexity index is 1010. The van der Waals surface area contributed by atoms with E-state index < -0.39 is 11.0 Å². The fourth-order valence-electron chi connectivity index (χ4n) is 5.55. The molecular formula is C24H22O2.